The van der Waals surface area contributed by atoms with E-state index in [1.165, 1.54) is 6.20 Å². The van der Waals surface area contributed by atoms with Crippen molar-refractivity contribution in [3.8, 4) is 0 Å². The lowest BCUT2D eigenvalue weighted by atomic mass is 10.5. The quantitative estimate of drug-likeness (QED) is 0.589. The normalized spacial score (nSPS) is 11.7. The minimum Gasteiger partial charge on any atom is -0.242 e. The highest BCUT2D eigenvalue weighted by Crippen LogP contribution is 2.34. The molecular formula is C5HBrCl3NO2S. The van der Waals surface area contributed by atoms with Gasteiger partial charge in [-0.1, -0.05) is 23.2 Å². The van der Waals surface area contributed by atoms with Gasteiger partial charge in [-0.15, -0.1) is 0 Å². The molecule has 1 aromatic heterocycles. The summed E-state index contributed by atoms with van der Waals surface area (Å²) in [7, 11) is 1.11. The van der Waals surface area contributed by atoms with Crippen LogP contribution in [0.4, 0.5) is 0 Å². The van der Waals surface area contributed by atoms with Crippen LogP contribution in [0.5, 0.6) is 0 Å². The molecule has 0 fully saturated rings. The molecule has 0 aliphatic heterocycles. The lowest BCUT2D eigenvalue weighted by Crippen LogP contribution is -1.96. The Hall–Kier alpha value is 0.450. The van der Waals surface area contributed by atoms with Crippen LogP contribution >= 0.6 is 49.8 Å². The fourth-order valence-corrected chi connectivity index (χ4v) is 3.27. The van der Waals surface area contributed by atoms with Crippen molar-refractivity contribution in [2.24, 2.45) is 0 Å². The SMILES string of the molecule is O=S(=O)(Cl)c1c(Cl)ncc(Br)c1Cl. The summed E-state index contributed by atoms with van der Waals surface area (Å²) < 4.78 is 22.2. The molecule has 0 saturated heterocycles. The number of hydrogen-bond donors (Lipinski definition) is 0. The van der Waals surface area contributed by atoms with Gasteiger partial charge in [-0.05, 0) is 15.9 Å². The molecule has 0 bridgehead atoms. The van der Waals surface area contributed by atoms with Crippen LogP contribution < -0.4 is 0 Å². The Kier molecular flexibility index (Phi) is 3.46. The van der Waals surface area contributed by atoms with Gasteiger partial charge in [0.05, 0.1) is 9.50 Å². The highest BCUT2D eigenvalue weighted by Gasteiger charge is 2.21. The molecule has 0 radical (unpaired) electrons. The van der Waals surface area contributed by atoms with E-state index in [9.17, 15) is 8.42 Å². The van der Waals surface area contributed by atoms with Crippen LogP contribution in [0.2, 0.25) is 10.2 Å². The minimum absolute atomic E-state index is 0.0741. The van der Waals surface area contributed by atoms with Gasteiger partial charge in [-0.2, -0.15) is 0 Å². The second-order valence-corrected chi connectivity index (χ2v) is 6.07. The molecule has 0 atom stereocenters. The Morgan fingerprint density at radius 3 is 2.31 bits per heavy atom. The predicted octanol–water partition coefficient (Wildman–Crippen LogP) is 3.08. The first kappa shape index (κ1) is 11.5. The van der Waals surface area contributed by atoms with Crippen molar-refractivity contribution in [2.75, 3.05) is 0 Å². The molecule has 72 valence electrons. The van der Waals surface area contributed by atoms with E-state index in [0.717, 1.165) is 0 Å². The summed E-state index contributed by atoms with van der Waals surface area (Å²) in [5.41, 5.74) is 0. The van der Waals surface area contributed by atoms with Crippen LogP contribution in [-0.4, -0.2) is 13.4 Å². The van der Waals surface area contributed by atoms with Gasteiger partial charge in [-0.25, -0.2) is 13.4 Å². The van der Waals surface area contributed by atoms with E-state index in [0.29, 0.717) is 4.47 Å². The number of nitrogens with zero attached hydrogens (tertiary/aromatic N) is 1. The maximum absolute atomic E-state index is 11.0. The molecule has 13 heavy (non-hydrogen) atoms. The molecule has 0 spiro atoms. The molecule has 0 aromatic carbocycles. The van der Waals surface area contributed by atoms with Crippen LogP contribution in [0.25, 0.3) is 0 Å². The van der Waals surface area contributed by atoms with Crippen molar-refractivity contribution in [1.82, 2.24) is 4.98 Å². The smallest absolute Gasteiger partial charge is 0.242 e. The van der Waals surface area contributed by atoms with Crippen LogP contribution in [0.1, 0.15) is 0 Å². The summed E-state index contributed by atoms with van der Waals surface area (Å²) in [5, 5.41) is -0.321. The molecule has 0 saturated carbocycles. The van der Waals surface area contributed by atoms with E-state index in [2.05, 4.69) is 20.9 Å². The first-order valence-corrected chi connectivity index (χ1v) is 6.64. The monoisotopic (exact) mass is 323 g/mol. The Bertz CT molecular complexity index is 447. The molecule has 8 heteroatoms. The Balaban J connectivity index is 3.62. The zero-order valence-corrected chi connectivity index (χ0v) is 10.4. The largest absolute Gasteiger partial charge is 0.265 e. The van der Waals surface area contributed by atoms with Crippen molar-refractivity contribution in [2.45, 2.75) is 4.90 Å². The van der Waals surface area contributed by atoms with E-state index in [-0.39, 0.29) is 15.1 Å². The van der Waals surface area contributed by atoms with E-state index in [4.69, 9.17) is 33.9 Å². The lowest BCUT2D eigenvalue weighted by Gasteiger charge is -2.02. The van der Waals surface area contributed by atoms with Gasteiger partial charge in [0.25, 0.3) is 9.05 Å². The first-order valence-electron chi connectivity index (χ1n) is 2.78. The average molecular weight is 325 g/mol. The standard InChI is InChI=1S/C5HBrCl3NO2S/c6-2-1-10-5(8)4(3(2)7)13(9,11)12/h1H. The van der Waals surface area contributed by atoms with E-state index in [1.54, 1.807) is 0 Å². The number of hydrogen-bond acceptors (Lipinski definition) is 3. The zero-order chi connectivity index (χ0) is 10.2. The topological polar surface area (TPSA) is 47.0 Å². The second kappa shape index (κ2) is 3.90. The fraction of sp³-hybridized carbons (Fsp3) is 0. The predicted molar refractivity (Wildman–Crippen MR) is 55.0 cm³/mol. The lowest BCUT2D eigenvalue weighted by molar-refractivity contribution is 0.609. The third-order valence-electron chi connectivity index (χ3n) is 1.13. The van der Waals surface area contributed by atoms with Gasteiger partial charge >= 0.3 is 0 Å². The molecule has 1 aromatic rings. The third kappa shape index (κ3) is 2.47. The number of halogens is 4. The van der Waals surface area contributed by atoms with Crippen molar-refractivity contribution in [1.29, 1.82) is 0 Å². The van der Waals surface area contributed by atoms with E-state index < -0.39 is 9.05 Å². The van der Waals surface area contributed by atoms with Gasteiger partial charge < -0.3 is 0 Å². The van der Waals surface area contributed by atoms with Gasteiger partial charge in [0.2, 0.25) is 0 Å². The summed E-state index contributed by atoms with van der Waals surface area (Å²) in [5.74, 6) is 0. The first-order chi connectivity index (χ1) is 5.84. The molecule has 0 aliphatic rings. The average Bonchev–Trinajstić information content (AvgIpc) is 1.95. The van der Waals surface area contributed by atoms with Gasteiger partial charge in [0.15, 0.2) is 5.15 Å². The van der Waals surface area contributed by atoms with Gasteiger partial charge in [-0.3, -0.25) is 0 Å². The molecular weight excluding hydrogens is 324 g/mol. The molecule has 0 unspecified atom stereocenters. The number of aromatic nitrogens is 1. The highest BCUT2D eigenvalue weighted by atomic mass is 79.9. The minimum atomic E-state index is -3.97. The van der Waals surface area contributed by atoms with Crippen molar-refractivity contribution < 1.29 is 8.42 Å². The van der Waals surface area contributed by atoms with Crippen LogP contribution in [0, 0.1) is 0 Å². The second-order valence-electron chi connectivity index (χ2n) is 1.98. The summed E-state index contributed by atoms with van der Waals surface area (Å²) in [6, 6.07) is 0. The van der Waals surface area contributed by atoms with Crippen molar-refractivity contribution >= 4 is 58.9 Å². The molecule has 3 nitrogen and oxygen atoms in total. The summed E-state index contributed by atoms with van der Waals surface area (Å²) in [6.07, 6.45) is 1.29. The summed E-state index contributed by atoms with van der Waals surface area (Å²) in [6.45, 7) is 0. The summed E-state index contributed by atoms with van der Waals surface area (Å²) in [4.78, 5) is 3.19. The molecule has 0 amide bonds. The molecule has 1 heterocycles. The maximum Gasteiger partial charge on any atom is 0.265 e. The maximum atomic E-state index is 11.0. The van der Waals surface area contributed by atoms with Gasteiger partial charge in [0.1, 0.15) is 4.90 Å². The Morgan fingerprint density at radius 2 is 1.92 bits per heavy atom. The van der Waals surface area contributed by atoms with Crippen molar-refractivity contribution in [3.05, 3.63) is 20.8 Å². The fourth-order valence-electron chi connectivity index (χ4n) is 0.635. The summed E-state index contributed by atoms with van der Waals surface area (Å²) >= 11 is 14.2. The Labute approximate surface area is 97.6 Å². The van der Waals surface area contributed by atoms with Crippen LogP contribution in [0.15, 0.2) is 15.6 Å². The van der Waals surface area contributed by atoms with E-state index >= 15 is 0 Å². The number of rotatable bonds is 1. The third-order valence-corrected chi connectivity index (χ3v) is 4.21. The van der Waals surface area contributed by atoms with Crippen LogP contribution in [0.3, 0.4) is 0 Å². The Morgan fingerprint density at radius 1 is 1.38 bits per heavy atom. The zero-order valence-electron chi connectivity index (χ0n) is 5.76. The van der Waals surface area contributed by atoms with Crippen LogP contribution in [-0.2, 0) is 9.05 Å². The highest BCUT2D eigenvalue weighted by molar-refractivity contribution is 9.10. The van der Waals surface area contributed by atoms with E-state index in [1.807, 2.05) is 0 Å². The molecule has 1 rings (SSSR count). The molecule has 0 N–H and O–H groups in total. The van der Waals surface area contributed by atoms with Gasteiger partial charge in [0, 0.05) is 16.9 Å². The van der Waals surface area contributed by atoms with Crippen molar-refractivity contribution in [3.63, 3.8) is 0 Å². The molecule has 0 aliphatic carbocycles. The number of pyridine rings is 1.